The van der Waals surface area contributed by atoms with E-state index in [1.807, 2.05) is 12.1 Å². The van der Waals surface area contributed by atoms with Crippen molar-refractivity contribution in [3.63, 3.8) is 0 Å². The number of para-hydroxylation sites is 1. The van der Waals surface area contributed by atoms with E-state index in [0.29, 0.717) is 12.5 Å². The first kappa shape index (κ1) is 18.5. The summed E-state index contributed by atoms with van der Waals surface area (Å²) < 4.78 is 10.1. The maximum Gasteiger partial charge on any atom is 0.305 e. The molecule has 0 amide bonds. The van der Waals surface area contributed by atoms with Gasteiger partial charge in [0.15, 0.2) is 0 Å². The Kier molecular flexibility index (Phi) is 8.60. The molecule has 0 fully saturated rings. The summed E-state index contributed by atoms with van der Waals surface area (Å²) in [4.78, 5) is 13.5. The van der Waals surface area contributed by atoms with Crippen molar-refractivity contribution in [3.8, 4) is 5.75 Å². The van der Waals surface area contributed by atoms with Crippen LogP contribution in [0.25, 0.3) is 0 Å². The van der Waals surface area contributed by atoms with Crippen molar-refractivity contribution in [1.82, 2.24) is 4.90 Å². The Morgan fingerprint density at radius 3 is 2.55 bits per heavy atom. The van der Waals surface area contributed by atoms with E-state index in [1.165, 1.54) is 12.7 Å². The summed E-state index contributed by atoms with van der Waals surface area (Å²) >= 11 is 0. The van der Waals surface area contributed by atoms with E-state index in [4.69, 9.17) is 4.74 Å². The lowest BCUT2D eigenvalue weighted by atomic mass is 10.0. The maximum absolute atomic E-state index is 11.1. The quantitative estimate of drug-likeness (QED) is 0.487. The standard InChI is InChI=1S/C18H29NO3/c1-5-19(14-10-6-7-13-18(20)22-4)15(2)16-11-8-9-12-17(16)21-3/h8-9,11-12,15H,5-7,10,13-14H2,1-4H3/t15-/m0/s1. The smallest absolute Gasteiger partial charge is 0.305 e. The van der Waals surface area contributed by atoms with Crippen molar-refractivity contribution in [2.75, 3.05) is 27.3 Å². The van der Waals surface area contributed by atoms with Crippen LogP contribution in [0, 0.1) is 0 Å². The molecule has 1 atom stereocenters. The molecule has 4 nitrogen and oxygen atoms in total. The molecule has 1 aromatic rings. The van der Waals surface area contributed by atoms with Crippen LogP contribution >= 0.6 is 0 Å². The molecule has 0 aliphatic heterocycles. The molecule has 0 radical (unpaired) electrons. The summed E-state index contributed by atoms with van der Waals surface area (Å²) in [7, 11) is 3.16. The fraction of sp³-hybridized carbons (Fsp3) is 0.611. The number of benzene rings is 1. The van der Waals surface area contributed by atoms with Crippen LogP contribution in [-0.4, -0.2) is 38.2 Å². The van der Waals surface area contributed by atoms with Gasteiger partial charge in [-0.05, 0) is 38.9 Å². The second kappa shape index (κ2) is 10.2. The highest BCUT2D eigenvalue weighted by Gasteiger charge is 2.17. The van der Waals surface area contributed by atoms with Gasteiger partial charge in [-0.15, -0.1) is 0 Å². The average molecular weight is 307 g/mol. The lowest BCUT2D eigenvalue weighted by Crippen LogP contribution is -2.28. The Labute approximate surface area is 134 Å². The van der Waals surface area contributed by atoms with E-state index in [1.54, 1.807) is 7.11 Å². The summed E-state index contributed by atoms with van der Waals surface area (Å²) in [5, 5.41) is 0. The maximum atomic E-state index is 11.1. The Hall–Kier alpha value is -1.55. The number of ether oxygens (including phenoxy) is 2. The normalized spacial score (nSPS) is 12.2. The van der Waals surface area contributed by atoms with Crippen LogP contribution in [-0.2, 0) is 9.53 Å². The number of rotatable bonds is 10. The Bertz CT molecular complexity index is 448. The minimum absolute atomic E-state index is 0.116. The second-order valence-corrected chi connectivity index (χ2v) is 5.43. The van der Waals surface area contributed by atoms with E-state index in [2.05, 4.69) is 35.6 Å². The monoisotopic (exact) mass is 307 g/mol. The van der Waals surface area contributed by atoms with Gasteiger partial charge in [-0.3, -0.25) is 9.69 Å². The van der Waals surface area contributed by atoms with Gasteiger partial charge in [0.1, 0.15) is 5.75 Å². The van der Waals surface area contributed by atoms with Gasteiger partial charge in [0.2, 0.25) is 0 Å². The lowest BCUT2D eigenvalue weighted by Gasteiger charge is -2.29. The van der Waals surface area contributed by atoms with Crippen LogP contribution in [0.4, 0.5) is 0 Å². The number of unbranched alkanes of at least 4 members (excludes halogenated alkanes) is 2. The zero-order valence-corrected chi connectivity index (χ0v) is 14.3. The summed E-state index contributed by atoms with van der Waals surface area (Å²) in [6.45, 7) is 6.42. The van der Waals surface area contributed by atoms with Crippen molar-refractivity contribution in [3.05, 3.63) is 29.8 Å². The topological polar surface area (TPSA) is 38.8 Å². The summed E-state index contributed by atoms with van der Waals surface area (Å²) in [6.07, 6.45) is 3.55. The zero-order chi connectivity index (χ0) is 16.4. The highest BCUT2D eigenvalue weighted by atomic mass is 16.5. The molecule has 0 spiro atoms. The average Bonchev–Trinajstić information content (AvgIpc) is 2.57. The number of carbonyl (C=O) groups excluding carboxylic acids is 1. The van der Waals surface area contributed by atoms with Gasteiger partial charge in [0, 0.05) is 18.0 Å². The van der Waals surface area contributed by atoms with Crippen LogP contribution in [0.2, 0.25) is 0 Å². The van der Waals surface area contributed by atoms with Crippen molar-refractivity contribution in [1.29, 1.82) is 0 Å². The first-order valence-corrected chi connectivity index (χ1v) is 8.07. The highest BCUT2D eigenvalue weighted by Crippen LogP contribution is 2.28. The molecule has 0 unspecified atom stereocenters. The Balaban J connectivity index is 2.47. The molecular weight excluding hydrogens is 278 g/mol. The first-order valence-electron chi connectivity index (χ1n) is 8.07. The van der Waals surface area contributed by atoms with Gasteiger partial charge in [0.25, 0.3) is 0 Å². The van der Waals surface area contributed by atoms with Gasteiger partial charge < -0.3 is 9.47 Å². The molecule has 124 valence electrons. The molecule has 0 aromatic heterocycles. The molecule has 4 heteroatoms. The fourth-order valence-corrected chi connectivity index (χ4v) is 2.70. The van der Waals surface area contributed by atoms with Crippen LogP contribution in [0.3, 0.4) is 0 Å². The minimum Gasteiger partial charge on any atom is -0.496 e. The first-order chi connectivity index (χ1) is 10.6. The summed E-state index contributed by atoms with van der Waals surface area (Å²) in [6, 6.07) is 8.51. The SMILES string of the molecule is CCN(CCCCCC(=O)OC)[C@@H](C)c1ccccc1OC. The van der Waals surface area contributed by atoms with Gasteiger partial charge in [-0.25, -0.2) is 0 Å². The number of esters is 1. The lowest BCUT2D eigenvalue weighted by molar-refractivity contribution is -0.140. The van der Waals surface area contributed by atoms with Crippen molar-refractivity contribution < 1.29 is 14.3 Å². The molecule has 0 aliphatic carbocycles. The molecule has 1 rings (SSSR count). The van der Waals surface area contributed by atoms with Gasteiger partial charge in [0.05, 0.1) is 14.2 Å². The molecule has 0 heterocycles. The summed E-state index contributed by atoms with van der Waals surface area (Å²) in [5.74, 6) is 0.828. The van der Waals surface area contributed by atoms with Crippen LogP contribution < -0.4 is 4.74 Å². The van der Waals surface area contributed by atoms with E-state index >= 15 is 0 Å². The molecular formula is C18H29NO3. The second-order valence-electron chi connectivity index (χ2n) is 5.43. The number of hydrogen-bond donors (Lipinski definition) is 0. The van der Waals surface area contributed by atoms with Crippen LogP contribution in [0.5, 0.6) is 5.75 Å². The zero-order valence-electron chi connectivity index (χ0n) is 14.3. The number of carbonyl (C=O) groups is 1. The van der Waals surface area contributed by atoms with Gasteiger partial charge >= 0.3 is 5.97 Å². The van der Waals surface area contributed by atoms with E-state index in [0.717, 1.165) is 38.1 Å². The predicted molar refractivity (Wildman–Crippen MR) is 89.1 cm³/mol. The number of methoxy groups -OCH3 is 2. The molecule has 0 saturated carbocycles. The van der Waals surface area contributed by atoms with Crippen molar-refractivity contribution >= 4 is 5.97 Å². The third kappa shape index (κ3) is 5.68. The molecule has 1 aromatic carbocycles. The highest BCUT2D eigenvalue weighted by molar-refractivity contribution is 5.68. The predicted octanol–water partition coefficient (Wildman–Crippen LogP) is 3.81. The van der Waals surface area contributed by atoms with Gasteiger partial charge in [-0.1, -0.05) is 31.5 Å². The summed E-state index contributed by atoms with van der Waals surface area (Å²) in [5.41, 5.74) is 1.22. The van der Waals surface area contributed by atoms with Crippen LogP contribution in [0.15, 0.2) is 24.3 Å². The largest absolute Gasteiger partial charge is 0.496 e. The third-order valence-electron chi connectivity index (χ3n) is 4.10. The Morgan fingerprint density at radius 1 is 1.18 bits per heavy atom. The van der Waals surface area contributed by atoms with Crippen molar-refractivity contribution in [2.45, 2.75) is 45.6 Å². The van der Waals surface area contributed by atoms with E-state index in [-0.39, 0.29) is 5.97 Å². The van der Waals surface area contributed by atoms with Crippen molar-refractivity contribution in [2.24, 2.45) is 0 Å². The van der Waals surface area contributed by atoms with Gasteiger partial charge in [-0.2, -0.15) is 0 Å². The van der Waals surface area contributed by atoms with E-state index in [9.17, 15) is 4.79 Å². The number of hydrogen-bond acceptors (Lipinski definition) is 4. The molecule has 0 saturated heterocycles. The number of nitrogens with zero attached hydrogens (tertiary/aromatic N) is 1. The fourth-order valence-electron chi connectivity index (χ4n) is 2.70. The Morgan fingerprint density at radius 2 is 1.91 bits per heavy atom. The minimum atomic E-state index is -0.116. The van der Waals surface area contributed by atoms with Crippen LogP contribution in [0.1, 0.15) is 51.1 Å². The molecule has 0 aliphatic rings. The molecule has 0 bridgehead atoms. The van der Waals surface area contributed by atoms with E-state index < -0.39 is 0 Å². The molecule has 22 heavy (non-hydrogen) atoms. The third-order valence-corrected chi connectivity index (χ3v) is 4.10. The molecule has 0 N–H and O–H groups in total.